The molecule has 0 spiro atoms. The molecule has 3 aromatic rings. The molecule has 0 fully saturated rings. The summed E-state index contributed by atoms with van der Waals surface area (Å²) in [6.07, 6.45) is 0. The molecule has 1 aromatic carbocycles. The summed E-state index contributed by atoms with van der Waals surface area (Å²) < 4.78 is 0. The number of nitrogens with one attached hydrogen (secondary N) is 1. The molecule has 0 saturated carbocycles. The molecule has 0 amide bonds. The lowest BCUT2D eigenvalue weighted by Gasteiger charge is -1.96. The maximum absolute atomic E-state index is 10.6. The van der Waals surface area contributed by atoms with E-state index in [9.17, 15) is 9.90 Å². The van der Waals surface area contributed by atoms with Gasteiger partial charge in [-0.05, 0) is 24.1 Å². The zero-order chi connectivity index (χ0) is 17.1. The second-order valence-corrected chi connectivity index (χ2v) is 6.05. The van der Waals surface area contributed by atoms with Crippen LogP contribution < -0.4 is 0 Å². The summed E-state index contributed by atoms with van der Waals surface area (Å²) in [6, 6.07) is 8.34. The Labute approximate surface area is 145 Å². The number of aromatic amines is 1. The zero-order valence-electron chi connectivity index (χ0n) is 12.1. The number of thioether (sulfide) groups is 1. The van der Waals surface area contributed by atoms with Gasteiger partial charge in [-0.2, -0.15) is 0 Å². The zero-order valence-corrected chi connectivity index (χ0v) is 13.6. The number of fused-ring (bicyclic) bond motifs is 1. The number of H-pyrrole nitrogens is 1. The third kappa shape index (κ3) is 3.62. The van der Waals surface area contributed by atoms with Crippen LogP contribution in [0, 0.1) is 11.8 Å². The van der Waals surface area contributed by atoms with Gasteiger partial charge in [0.25, 0.3) is 0 Å². The van der Waals surface area contributed by atoms with Crippen LogP contribution in [0.15, 0.2) is 35.5 Å². The lowest BCUT2D eigenvalue weighted by Crippen LogP contribution is -1.97. The van der Waals surface area contributed by atoms with Gasteiger partial charge in [0.15, 0.2) is 10.8 Å². The van der Waals surface area contributed by atoms with Gasteiger partial charge >= 0.3 is 5.97 Å². The number of aromatic nitrogens is 3. The lowest BCUT2D eigenvalue weighted by molar-refractivity contribution is -0.133. The van der Waals surface area contributed by atoms with Gasteiger partial charge in [0.05, 0.1) is 21.9 Å². The Hall–Kier alpha value is -2.69. The molecule has 8 heteroatoms. The van der Waals surface area contributed by atoms with Gasteiger partial charge in [0.2, 0.25) is 0 Å². The standard InChI is InChI=1S/C16H10ClN3O3S/c17-10-7-12-15(20-16(19-12)24-8-14(22)23)18-11(10)6-5-9-3-1-2-4-13(9)21/h1-4,7,21H,8H2,(H,22,23)(H,18,19,20). The van der Waals surface area contributed by atoms with Crippen LogP contribution in [0.5, 0.6) is 5.75 Å². The minimum atomic E-state index is -0.930. The first-order valence-electron chi connectivity index (χ1n) is 6.74. The number of pyridine rings is 1. The fourth-order valence-electron chi connectivity index (χ4n) is 1.89. The highest BCUT2D eigenvalue weighted by Gasteiger charge is 2.10. The number of benzene rings is 1. The van der Waals surface area contributed by atoms with Crippen molar-refractivity contribution >= 4 is 40.5 Å². The molecular formula is C16H10ClN3O3S. The molecule has 24 heavy (non-hydrogen) atoms. The molecule has 0 radical (unpaired) electrons. The van der Waals surface area contributed by atoms with E-state index in [1.165, 1.54) is 0 Å². The summed E-state index contributed by atoms with van der Waals surface area (Å²) in [7, 11) is 0. The second-order valence-electron chi connectivity index (χ2n) is 4.68. The molecule has 120 valence electrons. The lowest BCUT2D eigenvalue weighted by atomic mass is 10.2. The van der Waals surface area contributed by atoms with Gasteiger partial charge in [-0.15, -0.1) is 0 Å². The number of phenolic OH excluding ortho intramolecular Hbond substituents is 1. The van der Waals surface area contributed by atoms with E-state index in [4.69, 9.17) is 16.7 Å². The summed E-state index contributed by atoms with van der Waals surface area (Å²) in [6.45, 7) is 0. The maximum atomic E-state index is 10.6. The molecule has 0 atom stereocenters. The molecule has 0 saturated heterocycles. The van der Waals surface area contributed by atoms with Gasteiger partial charge in [0, 0.05) is 0 Å². The van der Waals surface area contributed by atoms with Crippen molar-refractivity contribution in [1.82, 2.24) is 15.0 Å². The molecule has 0 aliphatic heterocycles. The predicted octanol–water partition coefficient (Wildman–Crippen LogP) is 2.89. The molecule has 0 aliphatic rings. The first-order valence-corrected chi connectivity index (χ1v) is 8.10. The Kier molecular flexibility index (Phi) is 4.60. The summed E-state index contributed by atoms with van der Waals surface area (Å²) in [5.41, 5.74) is 1.79. The van der Waals surface area contributed by atoms with Gasteiger partial charge < -0.3 is 15.2 Å². The van der Waals surface area contributed by atoms with E-state index in [2.05, 4.69) is 26.8 Å². The largest absolute Gasteiger partial charge is 0.507 e. The predicted molar refractivity (Wildman–Crippen MR) is 91.3 cm³/mol. The van der Waals surface area contributed by atoms with E-state index in [1.807, 2.05) is 0 Å². The molecule has 3 rings (SSSR count). The van der Waals surface area contributed by atoms with Crippen LogP contribution in [0.3, 0.4) is 0 Å². The summed E-state index contributed by atoms with van der Waals surface area (Å²) >= 11 is 7.23. The van der Waals surface area contributed by atoms with Crippen LogP contribution in [0.2, 0.25) is 5.02 Å². The van der Waals surface area contributed by atoms with Crippen molar-refractivity contribution < 1.29 is 15.0 Å². The van der Waals surface area contributed by atoms with Gasteiger partial charge in [-0.1, -0.05) is 41.4 Å². The minimum absolute atomic E-state index is 0.0781. The second kappa shape index (κ2) is 6.83. The number of carboxylic acid groups (broad SMARTS) is 1. The number of carbonyl (C=O) groups is 1. The highest BCUT2D eigenvalue weighted by molar-refractivity contribution is 7.99. The molecular weight excluding hydrogens is 350 g/mol. The van der Waals surface area contributed by atoms with Crippen LogP contribution in [0.4, 0.5) is 0 Å². The molecule has 3 N–H and O–H groups in total. The summed E-state index contributed by atoms with van der Waals surface area (Å²) in [5, 5.41) is 19.2. The van der Waals surface area contributed by atoms with Crippen LogP contribution in [0.25, 0.3) is 11.2 Å². The van der Waals surface area contributed by atoms with E-state index in [-0.39, 0.29) is 11.5 Å². The molecule has 0 bridgehead atoms. The van der Waals surface area contributed by atoms with Crippen molar-refractivity contribution in [2.24, 2.45) is 0 Å². The normalized spacial score (nSPS) is 10.4. The number of phenols is 1. The molecule has 2 aromatic heterocycles. The van der Waals surface area contributed by atoms with Crippen molar-refractivity contribution in [3.8, 4) is 17.6 Å². The van der Waals surface area contributed by atoms with E-state index in [0.29, 0.717) is 32.6 Å². The fourth-order valence-corrected chi connectivity index (χ4v) is 2.68. The number of nitrogens with zero attached hydrogens (tertiary/aromatic N) is 2. The van der Waals surface area contributed by atoms with E-state index in [1.54, 1.807) is 30.3 Å². The smallest absolute Gasteiger partial charge is 0.313 e. The van der Waals surface area contributed by atoms with Crippen LogP contribution in [0.1, 0.15) is 11.3 Å². The number of halogens is 1. The number of carboxylic acids is 1. The Morgan fingerprint density at radius 2 is 2.08 bits per heavy atom. The first-order chi connectivity index (χ1) is 11.5. The van der Waals surface area contributed by atoms with Gasteiger partial charge in [0.1, 0.15) is 11.4 Å². The monoisotopic (exact) mass is 359 g/mol. The number of rotatable bonds is 3. The van der Waals surface area contributed by atoms with Crippen molar-refractivity contribution in [2.45, 2.75) is 5.16 Å². The molecule has 6 nitrogen and oxygen atoms in total. The molecule has 0 aliphatic carbocycles. The van der Waals surface area contributed by atoms with Crippen LogP contribution in [-0.4, -0.2) is 36.9 Å². The Bertz CT molecular complexity index is 991. The van der Waals surface area contributed by atoms with Crippen molar-refractivity contribution in [3.05, 3.63) is 46.6 Å². The number of aromatic hydroxyl groups is 1. The number of imidazole rings is 1. The quantitative estimate of drug-likeness (QED) is 0.491. The van der Waals surface area contributed by atoms with E-state index < -0.39 is 5.97 Å². The average Bonchev–Trinajstić information content (AvgIpc) is 2.93. The summed E-state index contributed by atoms with van der Waals surface area (Å²) in [4.78, 5) is 22.1. The van der Waals surface area contributed by atoms with Crippen molar-refractivity contribution in [3.63, 3.8) is 0 Å². The minimum Gasteiger partial charge on any atom is -0.507 e. The SMILES string of the molecule is O=C(O)CSc1nc2nc(C#Cc3ccccc3O)c(Cl)cc2[nH]1. The highest BCUT2D eigenvalue weighted by Crippen LogP contribution is 2.23. The first kappa shape index (κ1) is 16.2. The molecule has 2 heterocycles. The number of hydrogen-bond acceptors (Lipinski definition) is 5. The number of para-hydroxylation sites is 1. The number of hydrogen-bond donors (Lipinski definition) is 3. The fraction of sp³-hybridized carbons (Fsp3) is 0.0625. The third-order valence-electron chi connectivity index (χ3n) is 2.96. The summed E-state index contributed by atoms with van der Waals surface area (Å²) in [5.74, 6) is 4.67. The maximum Gasteiger partial charge on any atom is 0.313 e. The van der Waals surface area contributed by atoms with Gasteiger partial charge in [-0.3, -0.25) is 4.79 Å². The van der Waals surface area contributed by atoms with Crippen molar-refractivity contribution in [2.75, 3.05) is 5.75 Å². The van der Waals surface area contributed by atoms with Crippen LogP contribution >= 0.6 is 23.4 Å². The van der Waals surface area contributed by atoms with E-state index in [0.717, 1.165) is 11.8 Å². The molecule has 0 unspecified atom stereocenters. The average molecular weight is 360 g/mol. The highest BCUT2D eigenvalue weighted by atomic mass is 35.5. The Morgan fingerprint density at radius 1 is 1.29 bits per heavy atom. The topological polar surface area (TPSA) is 99.1 Å². The van der Waals surface area contributed by atoms with E-state index >= 15 is 0 Å². The number of aliphatic carboxylic acids is 1. The van der Waals surface area contributed by atoms with Crippen LogP contribution in [-0.2, 0) is 4.79 Å². The third-order valence-corrected chi connectivity index (χ3v) is 4.10. The van der Waals surface area contributed by atoms with Gasteiger partial charge in [-0.25, -0.2) is 9.97 Å². The van der Waals surface area contributed by atoms with Crippen molar-refractivity contribution in [1.29, 1.82) is 0 Å². The Balaban J connectivity index is 1.93. The Morgan fingerprint density at radius 3 is 2.83 bits per heavy atom.